The molecule has 0 unspecified atom stereocenters. The Morgan fingerprint density at radius 1 is 1.00 bits per heavy atom. The molecule has 26 heavy (non-hydrogen) atoms. The predicted molar refractivity (Wildman–Crippen MR) is 90.3 cm³/mol. The third-order valence-electron chi connectivity index (χ3n) is 3.55. The van der Waals surface area contributed by atoms with E-state index in [0.717, 1.165) is 24.3 Å². The summed E-state index contributed by atoms with van der Waals surface area (Å²) in [4.78, 5) is 11.8. The molecule has 1 atom stereocenters. The van der Waals surface area contributed by atoms with Gasteiger partial charge in [0.05, 0.1) is 5.69 Å². The van der Waals surface area contributed by atoms with Crippen LogP contribution in [0, 0.1) is 23.4 Å². The number of halogens is 3. The van der Waals surface area contributed by atoms with E-state index in [1.165, 1.54) is 12.1 Å². The molecule has 2 rings (SSSR count). The van der Waals surface area contributed by atoms with Gasteiger partial charge >= 0.3 is 0 Å². The standard InChI is InChI=1S/C17H17F3N2O3S/c1-10(2)16(17(23)21-14-8-7-11(18)9-13(14)20)22-26(24,25)15-6-4-3-5-12(15)19/h3-10,16,22H,1-2H3,(H,21,23)/t16-/m0/s1. The molecule has 2 aromatic carbocycles. The Morgan fingerprint density at radius 3 is 2.23 bits per heavy atom. The van der Waals surface area contributed by atoms with Gasteiger partial charge in [0.1, 0.15) is 28.4 Å². The van der Waals surface area contributed by atoms with E-state index < -0.39 is 50.2 Å². The van der Waals surface area contributed by atoms with Crippen molar-refractivity contribution in [1.29, 1.82) is 0 Å². The Bertz CT molecular complexity index is 917. The van der Waals surface area contributed by atoms with Gasteiger partial charge in [0, 0.05) is 6.07 Å². The first kappa shape index (κ1) is 19.9. The van der Waals surface area contributed by atoms with E-state index in [4.69, 9.17) is 0 Å². The van der Waals surface area contributed by atoms with Crippen molar-refractivity contribution >= 4 is 21.6 Å². The zero-order chi connectivity index (χ0) is 19.5. The summed E-state index contributed by atoms with van der Waals surface area (Å²) in [5, 5.41) is 2.21. The van der Waals surface area contributed by atoms with Crippen molar-refractivity contribution in [1.82, 2.24) is 4.72 Å². The molecule has 1 amide bonds. The highest BCUT2D eigenvalue weighted by molar-refractivity contribution is 7.89. The highest BCUT2D eigenvalue weighted by Gasteiger charge is 2.30. The lowest BCUT2D eigenvalue weighted by Gasteiger charge is -2.22. The van der Waals surface area contributed by atoms with Crippen LogP contribution in [0.15, 0.2) is 47.4 Å². The molecule has 5 nitrogen and oxygen atoms in total. The number of carbonyl (C=O) groups excluding carboxylic acids is 1. The number of benzene rings is 2. The second kappa shape index (κ2) is 7.88. The Hall–Kier alpha value is -2.39. The number of nitrogens with one attached hydrogen (secondary N) is 2. The lowest BCUT2D eigenvalue weighted by atomic mass is 10.0. The monoisotopic (exact) mass is 386 g/mol. The minimum absolute atomic E-state index is 0.299. The van der Waals surface area contributed by atoms with E-state index in [1.54, 1.807) is 13.8 Å². The van der Waals surface area contributed by atoms with Crippen molar-refractivity contribution in [2.45, 2.75) is 24.8 Å². The predicted octanol–water partition coefficient (Wildman–Crippen LogP) is 3.05. The van der Waals surface area contributed by atoms with E-state index in [2.05, 4.69) is 10.0 Å². The van der Waals surface area contributed by atoms with E-state index in [-0.39, 0.29) is 5.69 Å². The van der Waals surface area contributed by atoms with Gasteiger partial charge in [-0.2, -0.15) is 4.72 Å². The van der Waals surface area contributed by atoms with Crippen LogP contribution in [0.3, 0.4) is 0 Å². The summed E-state index contributed by atoms with van der Waals surface area (Å²) in [5.41, 5.74) is -0.299. The van der Waals surface area contributed by atoms with Gasteiger partial charge in [0.15, 0.2) is 0 Å². The SMILES string of the molecule is CC(C)[C@H](NS(=O)(=O)c1ccccc1F)C(=O)Nc1ccc(F)cc1F. The Morgan fingerprint density at radius 2 is 1.65 bits per heavy atom. The zero-order valence-electron chi connectivity index (χ0n) is 14.0. The number of hydrogen-bond acceptors (Lipinski definition) is 3. The molecule has 0 aliphatic heterocycles. The van der Waals surface area contributed by atoms with Gasteiger partial charge in [-0.25, -0.2) is 21.6 Å². The van der Waals surface area contributed by atoms with E-state index in [1.807, 2.05) is 0 Å². The van der Waals surface area contributed by atoms with Crippen LogP contribution in [0.5, 0.6) is 0 Å². The molecule has 0 fully saturated rings. The van der Waals surface area contributed by atoms with Crippen LogP contribution in [-0.2, 0) is 14.8 Å². The van der Waals surface area contributed by atoms with Crippen LogP contribution in [0.25, 0.3) is 0 Å². The van der Waals surface area contributed by atoms with Crippen molar-refractivity contribution in [3.05, 3.63) is 59.9 Å². The highest BCUT2D eigenvalue weighted by Crippen LogP contribution is 2.18. The number of anilines is 1. The molecule has 0 aliphatic carbocycles. The first-order valence-corrected chi connectivity index (χ1v) is 9.13. The van der Waals surface area contributed by atoms with Gasteiger partial charge in [-0.05, 0) is 30.2 Å². The zero-order valence-corrected chi connectivity index (χ0v) is 14.8. The molecule has 0 saturated heterocycles. The molecule has 0 saturated carbocycles. The summed E-state index contributed by atoms with van der Waals surface area (Å²) in [7, 11) is -4.33. The molecule has 2 N–H and O–H groups in total. The topological polar surface area (TPSA) is 75.3 Å². The molecule has 0 aliphatic rings. The van der Waals surface area contributed by atoms with Crippen molar-refractivity contribution in [3.8, 4) is 0 Å². The van der Waals surface area contributed by atoms with Crippen LogP contribution in [0.4, 0.5) is 18.9 Å². The third kappa shape index (κ3) is 4.61. The van der Waals surface area contributed by atoms with Crippen molar-refractivity contribution < 1.29 is 26.4 Å². The summed E-state index contributed by atoms with van der Waals surface area (Å²) in [6.45, 7) is 3.13. The number of amides is 1. The van der Waals surface area contributed by atoms with Crippen molar-refractivity contribution in [3.63, 3.8) is 0 Å². The van der Waals surface area contributed by atoms with E-state index >= 15 is 0 Å². The van der Waals surface area contributed by atoms with Crippen LogP contribution in [0.2, 0.25) is 0 Å². The fourth-order valence-corrected chi connectivity index (χ4v) is 3.61. The van der Waals surface area contributed by atoms with Crippen molar-refractivity contribution in [2.24, 2.45) is 5.92 Å². The maximum atomic E-state index is 13.8. The summed E-state index contributed by atoms with van der Waals surface area (Å²) in [5.74, 6) is -4.17. The average Bonchev–Trinajstić information content (AvgIpc) is 2.55. The van der Waals surface area contributed by atoms with Crippen LogP contribution < -0.4 is 10.0 Å². The van der Waals surface area contributed by atoms with E-state index in [0.29, 0.717) is 6.07 Å². The number of hydrogen-bond donors (Lipinski definition) is 2. The summed E-state index contributed by atoms with van der Waals surface area (Å²) in [6.07, 6.45) is 0. The lowest BCUT2D eigenvalue weighted by molar-refractivity contribution is -0.118. The molecule has 0 heterocycles. The quantitative estimate of drug-likeness (QED) is 0.801. The lowest BCUT2D eigenvalue weighted by Crippen LogP contribution is -2.47. The maximum absolute atomic E-state index is 13.8. The Kier molecular flexibility index (Phi) is 6.04. The van der Waals surface area contributed by atoms with Crippen LogP contribution in [-0.4, -0.2) is 20.4 Å². The molecule has 0 radical (unpaired) electrons. The van der Waals surface area contributed by atoms with Gasteiger partial charge in [0.25, 0.3) is 0 Å². The molecule has 140 valence electrons. The Labute approximate surface area is 149 Å². The maximum Gasteiger partial charge on any atom is 0.244 e. The number of sulfonamides is 1. The molecule has 0 spiro atoms. The Balaban J connectivity index is 2.25. The fraction of sp³-hybridized carbons (Fsp3) is 0.235. The first-order valence-electron chi connectivity index (χ1n) is 7.64. The van der Waals surface area contributed by atoms with E-state index in [9.17, 15) is 26.4 Å². The smallest absolute Gasteiger partial charge is 0.244 e. The van der Waals surface area contributed by atoms with Gasteiger partial charge in [-0.15, -0.1) is 0 Å². The summed E-state index contributed by atoms with van der Waals surface area (Å²) < 4.78 is 67.3. The minimum Gasteiger partial charge on any atom is -0.322 e. The molecule has 0 bridgehead atoms. The highest BCUT2D eigenvalue weighted by atomic mass is 32.2. The van der Waals surface area contributed by atoms with Crippen LogP contribution in [0.1, 0.15) is 13.8 Å². The third-order valence-corrected chi connectivity index (χ3v) is 5.02. The fourth-order valence-electron chi connectivity index (χ4n) is 2.19. The summed E-state index contributed by atoms with van der Waals surface area (Å²) >= 11 is 0. The van der Waals surface area contributed by atoms with Gasteiger partial charge in [-0.3, -0.25) is 4.79 Å². The largest absolute Gasteiger partial charge is 0.322 e. The van der Waals surface area contributed by atoms with Gasteiger partial charge < -0.3 is 5.32 Å². The second-order valence-corrected chi connectivity index (χ2v) is 7.57. The molecule has 2 aromatic rings. The van der Waals surface area contributed by atoms with Gasteiger partial charge in [-0.1, -0.05) is 26.0 Å². The second-order valence-electron chi connectivity index (χ2n) is 5.89. The molecular weight excluding hydrogens is 369 g/mol. The average molecular weight is 386 g/mol. The normalized spacial score (nSPS) is 12.8. The number of carbonyl (C=O) groups is 1. The molecular formula is C17H17F3N2O3S. The first-order chi connectivity index (χ1) is 12.1. The summed E-state index contributed by atoms with van der Waals surface area (Å²) in [6, 6.07) is 5.97. The number of rotatable bonds is 6. The molecule has 0 aromatic heterocycles. The van der Waals surface area contributed by atoms with Crippen molar-refractivity contribution in [2.75, 3.05) is 5.32 Å². The molecule has 9 heteroatoms. The van der Waals surface area contributed by atoms with Crippen LogP contribution >= 0.6 is 0 Å². The minimum atomic E-state index is -4.33. The van der Waals surface area contributed by atoms with Gasteiger partial charge in [0.2, 0.25) is 15.9 Å².